The Bertz CT molecular complexity index is 577. The quantitative estimate of drug-likeness (QED) is 0.244. The van der Waals surface area contributed by atoms with Gasteiger partial charge in [-0.3, -0.25) is 9.79 Å². The van der Waals surface area contributed by atoms with E-state index < -0.39 is 0 Å². The Morgan fingerprint density at radius 2 is 1.93 bits per heavy atom. The van der Waals surface area contributed by atoms with Gasteiger partial charge in [0.2, 0.25) is 5.91 Å². The summed E-state index contributed by atoms with van der Waals surface area (Å²) in [4.78, 5) is 20.9. The number of nitrogens with one attached hydrogen (secondary N) is 2. The zero-order chi connectivity index (χ0) is 18.8. The van der Waals surface area contributed by atoms with Crippen molar-refractivity contribution in [2.75, 3.05) is 44.7 Å². The molecule has 1 amide bonds. The monoisotopic (exact) mass is 487 g/mol. The first kappa shape index (κ1) is 23.7. The molecule has 1 fully saturated rings. The number of benzene rings is 1. The number of unbranched alkanes of at least 4 members (excludes halogenated alkanes) is 1. The van der Waals surface area contributed by atoms with E-state index in [9.17, 15) is 4.79 Å². The molecule has 1 aromatic carbocycles. The molecule has 2 rings (SSSR count). The van der Waals surface area contributed by atoms with E-state index in [1.54, 1.807) is 7.05 Å². The molecule has 0 bridgehead atoms. The van der Waals surface area contributed by atoms with E-state index in [-0.39, 0.29) is 35.9 Å². The molecular formula is C20H34IN5O. The summed E-state index contributed by atoms with van der Waals surface area (Å²) in [5.74, 6) is 0.934. The molecule has 1 aliphatic heterocycles. The van der Waals surface area contributed by atoms with Gasteiger partial charge in [0.05, 0.1) is 6.04 Å². The van der Waals surface area contributed by atoms with E-state index in [2.05, 4.69) is 34.4 Å². The Hall–Kier alpha value is -1.35. The molecule has 2 N–H and O–H groups in total. The third-order valence-corrected chi connectivity index (χ3v) is 4.85. The lowest BCUT2D eigenvalue weighted by Crippen LogP contribution is -2.45. The molecule has 0 spiro atoms. The zero-order valence-electron chi connectivity index (χ0n) is 16.8. The summed E-state index contributed by atoms with van der Waals surface area (Å²) in [5.41, 5.74) is 0.959. The number of rotatable bonds is 9. The average molecular weight is 487 g/mol. The van der Waals surface area contributed by atoms with Gasteiger partial charge in [0.15, 0.2) is 5.96 Å². The molecule has 6 nitrogen and oxygen atoms in total. The Morgan fingerprint density at radius 1 is 1.22 bits per heavy atom. The van der Waals surface area contributed by atoms with Crippen LogP contribution in [0, 0.1) is 0 Å². The van der Waals surface area contributed by atoms with Crippen molar-refractivity contribution in [1.82, 2.24) is 15.5 Å². The number of guanidine groups is 1. The van der Waals surface area contributed by atoms with Gasteiger partial charge in [0.1, 0.15) is 0 Å². The number of nitrogens with zero attached hydrogens (tertiary/aromatic N) is 3. The molecule has 1 saturated heterocycles. The second-order valence-electron chi connectivity index (χ2n) is 6.62. The highest BCUT2D eigenvalue weighted by Crippen LogP contribution is 2.20. The SMILES string of the molecule is CCN(CC)CCCCNC(=NC)NC1CC(=O)N(c2ccccc2)C1.I. The third kappa shape index (κ3) is 7.65. The smallest absolute Gasteiger partial charge is 0.229 e. The van der Waals surface area contributed by atoms with Crippen molar-refractivity contribution in [2.24, 2.45) is 4.99 Å². The second kappa shape index (κ2) is 12.9. The second-order valence-corrected chi connectivity index (χ2v) is 6.62. The van der Waals surface area contributed by atoms with E-state index in [1.165, 1.54) is 6.42 Å². The number of carbonyl (C=O) groups excluding carboxylic acids is 1. The maximum absolute atomic E-state index is 12.3. The van der Waals surface area contributed by atoms with Crippen molar-refractivity contribution < 1.29 is 4.79 Å². The van der Waals surface area contributed by atoms with Gasteiger partial charge in [-0.15, -0.1) is 24.0 Å². The van der Waals surface area contributed by atoms with E-state index in [4.69, 9.17) is 0 Å². The van der Waals surface area contributed by atoms with Gasteiger partial charge < -0.3 is 20.4 Å². The van der Waals surface area contributed by atoms with Crippen molar-refractivity contribution in [3.8, 4) is 0 Å². The van der Waals surface area contributed by atoms with E-state index in [0.717, 1.165) is 44.2 Å². The van der Waals surface area contributed by atoms with Gasteiger partial charge >= 0.3 is 0 Å². The summed E-state index contributed by atoms with van der Waals surface area (Å²) in [6.07, 6.45) is 2.78. The predicted molar refractivity (Wildman–Crippen MR) is 124 cm³/mol. The maximum Gasteiger partial charge on any atom is 0.229 e. The summed E-state index contributed by atoms with van der Waals surface area (Å²) in [7, 11) is 1.77. The Kier molecular flexibility index (Phi) is 11.3. The van der Waals surface area contributed by atoms with Gasteiger partial charge in [0.25, 0.3) is 0 Å². The molecule has 1 unspecified atom stereocenters. The number of aliphatic imine (C=N–C) groups is 1. The topological polar surface area (TPSA) is 60.0 Å². The number of hydrogen-bond acceptors (Lipinski definition) is 3. The highest BCUT2D eigenvalue weighted by Gasteiger charge is 2.30. The van der Waals surface area contributed by atoms with Crippen molar-refractivity contribution in [2.45, 2.75) is 39.2 Å². The standard InChI is InChI=1S/C20H33N5O.HI/c1-4-24(5-2)14-10-9-13-22-20(21-3)23-17-15-19(26)25(16-17)18-11-7-6-8-12-18;/h6-8,11-12,17H,4-5,9-10,13-16H2,1-3H3,(H2,21,22,23);1H. The normalized spacial score (nSPS) is 17.2. The number of para-hydroxylation sites is 1. The molecule has 0 radical (unpaired) electrons. The summed E-state index contributed by atoms with van der Waals surface area (Å²) in [6.45, 7) is 9.34. The lowest BCUT2D eigenvalue weighted by Gasteiger charge is -2.20. The van der Waals surface area contributed by atoms with Crippen LogP contribution in [0.3, 0.4) is 0 Å². The fraction of sp³-hybridized carbons (Fsp3) is 0.600. The maximum atomic E-state index is 12.3. The minimum absolute atomic E-state index is 0. The molecule has 152 valence electrons. The van der Waals surface area contributed by atoms with Crippen LogP contribution in [0.25, 0.3) is 0 Å². The fourth-order valence-electron chi connectivity index (χ4n) is 3.26. The molecule has 1 aromatic rings. The van der Waals surface area contributed by atoms with E-state index in [1.807, 2.05) is 35.2 Å². The predicted octanol–water partition coefficient (Wildman–Crippen LogP) is 2.70. The minimum Gasteiger partial charge on any atom is -0.356 e. The largest absolute Gasteiger partial charge is 0.356 e. The first-order chi connectivity index (χ1) is 12.7. The van der Waals surface area contributed by atoms with Crippen LogP contribution in [0.4, 0.5) is 5.69 Å². The Balaban J connectivity index is 0.00000364. The van der Waals surface area contributed by atoms with E-state index in [0.29, 0.717) is 13.0 Å². The van der Waals surface area contributed by atoms with Crippen LogP contribution in [0.2, 0.25) is 0 Å². The number of halogens is 1. The van der Waals surface area contributed by atoms with Gasteiger partial charge in [-0.2, -0.15) is 0 Å². The molecule has 0 aliphatic carbocycles. The van der Waals surface area contributed by atoms with Crippen molar-refractivity contribution in [3.63, 3.8) is 0 Å². The third-order valence-electron chi connectivity index (χ3n) is 4.85. The van der Waals surface area contributed by atoms with Gasteiger partial charge in [-0.25, -0.2) is 0 Å². The van der Waals surface area contributed by atoms with Crippen LogP contribution in [0.1, 0.15) is 33.1 Å². The Morgan fingerprint density at radius 3 is 2.56 bits per heavy atom. The van der Waals surface area contributed by atoms with E-state index >= 15 is 0 Å². The summed E-state index contributed by atoms with van der Waals surface area (Å²) in [5, 5.41) is 6.75. The molecule has 27 heavy (non-hydrogen) atoms. The summed E-state index contributed by atoms with van der Waals surface area (Å²) < 4.78 is 0. The Labute approximate surface area is 180 Å². The highest BCUT2D eigenvalue weighted by molar-refractivity contribution is 14.0. The molecule has 1 heterocycles. The molecule has 0 aromatic heterocycles. The van der Waals surface area contributed by atoms with Gasteiger partial charge in [-0.05, 0) is 44.6 Å². The molecule has 1 aliphatic rings. The molecule has 1 atom stereocenters. The van der Waals surface area contributed by atoms with Crippen LogP contribution in [0.15, 0.2) is 35.3 Å². The molecule has 0 saturated carbocycles. The first-order valence-electron chi connectivity index (χ1n) is 9.72. The summed E-state index contributed by atoms with van der Waals surface area (Å²) >= 11 is 0. The first-order valence-corrected chi connectivity index (χ1v) is 9.72. The zero-order valence-corrected chi connectivity index (χ0v) is 19.1. The number of carbonyl (C=O) groups is 1. The number of anilines is 1. The van der Waals surface area contributed by atoms with Crippen LogP contribution in [0.5, 0.6) is 0 Å². The lowest BCUT2D eigenvalue weighted by atomic mass is 10.2. The molecule has 7 heteroatoms. The average Bonchev–Trinajstić information content (AvgIpc) is 3.04. The van der Waals surface area contributed by atoms with Crippen molar-refractivity contribution >= 4 is 41.5 Å². The van der Waals surface area contributed by atoms with Crippen molar-refractivity contribution in [1.29, 1.82) is 0 Å². The summed E-state index contributed by atoms with van der Waals surface area (Å²) in [6, 6.07) is 9.92. The minimum atomic E-state index is 0. The fourth-order valence-corrected chi connectivity index (χ4v) is 3.26. The number of hydrogen-bond donors (Lipinski definition) is 2. The van der Waals surface area contributed by atoms with Crippen LogP contribution in [-0.2, 0) is 4.79 Å². The number of amides is 1. The van der Waals surface area contributed by atoms with Gasteiger partial charge in [-0.1, -0.05) is 32.0 Å². The molecular weight excluding hydrogens is 453 g/mol. The van der Waals surface area contributed by atoms with Crippen LogP contribution >= 0.6 is 24.0 Å². The highest BCUT2D eigenvalue weighted by atomic mass is 127. The lowest BCUT2D eigenvalue weighted by molar-refractivity contribution is -0.117. The van der Waals surface area contributed by atoms with Gasteiger partial charge in [0, 0.05) is 32.2 Å². The van der Waals surface area contributed by atoms with Crippen molar-refractivity contribution in [3.05, 3.63) is 30.3 Å². The van der Waals surface area contributed by atoms with Crippen LogP contribution in [-0.4, -0.2) is 62.6 Å². The van der Waals surface area contributed by atoms with Crippen LogP contribution < -0.4 is 15.5 Å².